The average Bonchev–Trinajstić information content (AvgIpc) is 3.11. The van der Waals surface area contributed by atoms with Crippen molar-refractivity contribution < 1.29 is 0 Å². The lowest BCUT2D eigenvalue weighted by Crippen LogP contribution is -2.25. The number of imidazole rings is 1. The third-order valence-corrected chi connectivity index (χ3v) is 4.54. The Bertz CT molecular complexity index is 624. The molecular weight excluding hydrogens is 250 g/mol. The van der Waals surface area contributed by atoms with Gasteiger partial charge in [-0.3, -0.25) is 4.68 Å². The van der Waals surface area contributed by atoms with Crippen LogP contribution < -0.4 is 5.32 Å². The number of hydrogen-bond acceptors (Lipinski definition) is 3. The molecule has 2 aromatic heterocycles. The summed E-state index contributed by atoms with van der Waals surface area (Å²) in [5.74, 6) is 1.07. The van der Waals surface area contributed by atoms with Crippen LogP contribution in [0.2, 0.25) is 0 Å². The molecule has 0 saturated carbocycles. The van der Waals surface area contributed by atoms with Crippen LogP contribution in [0.25, 0.3) is 0 Å². The van der Waals surface area contributed by atoms with Gasteiger partial charge >= 0.3 is 0 Å². The van der Waals surface area contributed by atoms with Gasteiger partial charge in [-0.05, 0) is 39.0 Å². The van der Waals surface area contributed by atoms with Gasteiger partial charge in [0.2, 0.25) is 5.95 Å². The van der Waals surface area contributed by atoms with Crippen molar-refractivity contribution >= 4 is 5.95 Å². The Balaban J connectivity index is 1.79. The van der Waals surface area contributed by atoms with E-state index in [1.165, 1.54) is 36.2 Å². The summed E-state index contributed by atoms with van der Waals surface area (Å²) in [7, 11) is 0. The van der Waals surface area contributed by atoms with E-state index >= 15 is 0 Å². The summed E-state index contributed by atoms with van der Waals surface area (Å²) in [6.45, 7) is 4.06. The molecule has 0 radical (unpaired) electrons. The molecule has 0 fully saturated rings. The number of hydrogen-bond donors (Lipinski definition) is 1. The summed E-state index contributed by atoms with van der Waals surface area (Å²) in [6.07, 6.45) is 10.2. The lowest BCUT2D eigenvalue weighted by atomic mass is 9.99. The van der Waals surface area contributed by atoms with Crippen molar-refractivity contribution in [3.63, 3.8) is 0 Å². The van der Waals surface area contributed by atoms with Crippen LogP contribution in [0, 0.1) is 0 Å². The quantitative estimate of drug-likeness (QED) is 0.912. The highest BCUT2D eigenvalue weighted by molar-refractivity contribution is 5.40. The minimum Gasteiger partial charge on any atom is -0.356 e. The molecule has 0 aromatic carbocycles. The van der Waals surface area contributed by atoms with Crippen LogP contribution in [-0.4, -0.2) is 25.9 Å². The van der Waals surface area contributed by atoms with Gasteiger partial charge in [0.1, 0.15) is 0 Å². The van der Waals surface area contributed by atoms with Crippen molar-refractivity contribution in [3.8, 4) is 0 Å². The van der Waals surface area contributed by atoms with E-state index in [0.717, 1.165) is 31.9 Å². The zero-order valence-corrected chi connectivity index (χ0v) is 12.0. The normalized spacial score (nSPS) is 21.1. The fraction of sp³-hybridized carbons (Fsp3) is 0.600. The van der Waals surface area contributed by atoms with Crippen molar-refractivity contribution in [3.05, 3.63) is 29.3 Å². The first kappa shape index (κ1) is 12.0. The molecule has 1 atom stereocenters. The van der Waals surface area contributed by atoms with Gasteiger partial charge < -0.3 is 9.88 Å². The summed E-state index contributed by atoms with van der Waals surface area (Å²) in [4.78, 5) is 4.82. The number of aryl methyl sites for hydroxylation is 2. The molecule has 4 rings (SSSR count). The molecule has 0 amide bonds. The predicted molar refractivity (Wildman–Crippen MR) is 78.0 cm³/mol. The maximum absolute atomic E-state index is 4.82. The summed E-state index contributed by atoms with van der Waals surface area (Å²) < 4.78 is 4.45. The van der Waals surface area contributed by atoms with E-state index < -0.39 is 0 Å². The highest BCUT2D eigenvalue weighted by atomic mass is 15.3. The van der Waals surface area contributed by atoms with Gasteiger partial charge in [0.25, 0.3) is 0 Å². The summed E-state index contributed by atoms with van der Waals surface area (Å²) in [5.41, 5.74) is 4.08. The average molecular weight is 271 g/mol. The molecular formula is C15H21N5. The molecule has 1 aliphatic carbocycles. The molecule has 106 valence electrons. The van der Waals surface area contributed by atoms with E-state index in [4.69, 9.17) is 4.98 Å². The molecule has 3 heterocycles. The largest absolute Gasteiger partial charge is 0.356 e. The second kappa shape index (κ2) is 4.65. The number of nitrogens with one attached hydrogen (secondary N) is 1. The van der Waals surface area contributed by atoms with Gasteiger partial charge in [0.05, 0.1) is 17.9 Å². The Kier molecular flexibility index (Phi) is 2.79. The van der Waals surface area contributed by atoms with E-state index in [1.807, 2.05) is 10.9 Å². The van der Waals surface area contributed by atoms with E-state index in [2.05, 4.69) is 28.1 Å². The van der Waals surface area contributed by atoms with E-state index in [1.54, 1.807) is 0 Å². The number of rotatable bonds is 2. The van der Waals surface area contributed by atoms with Crippen molar-refractivity contribution in [2.45, 2.75) is 51.6 Å². The van der Waals surface area contributed by atoms with Gasteiger partial charge in [0, 0.05) is 30.5 Å². The number of aromatic nitrogens is 4. The van der Waals surface area contributed by atoms with Crippen LogP contribution in [0.15, 0.2) is 12.4 Å². The molecule has 2 aliphatic rings. The van der Waals surface area contributed by atoms with Crippen molar-refractivity contribution in [2.75, 3.05) is 11.9 Å². The first-order valence-electron chi connectivity index (χ1n) is 7.73. The first-order chi connectivity index (χ1) is 9.86. The van der Waals surface area contributed by atoms with Crippen LogP contribution in [-0.2, 0) is 19.4 Å². The molecule has 1 N–H and O–H groups in total. The third kappa shape index (κ3) is 1.76. The molecule has 2 aromatic rings. The molecule has 0 saturated heterocycles. The Hall–Kier alpha value is -1.78. The maximum atomic E-state index is 4.82. The van der Waals surface area contributed by atoms with Gasteiger partial charge in [-0.15, -0.1) is 0 Å². The Labute approximate surface area is 119 Å². The van der Waals surface area contributed by atoms with Gasteiger partial charge in [-0.2, -0.15) is 5.10 Å². The number of anilines is 1. The zero-order chi connectivity index (χ0) is 13.5. The molecule has 5 nitrogen and oxygen atoms in total. The van der Waals surface area contributed by atoms with Crippen LogP contribution in [0.5, 0.6) is 0 Å². The molecule has 0 spiro atoms. The van der Waals surface area contributed by atoms with Gasteiger partial charge in [-0.1, -0.05) is 0 Å². The fourth-order valence-corrected chi connectivity index (χ4v) is 3.51. The van der Waals surface area contributed by atoms with Crippen molar-refractivity contribution in [2.24, 2.45) is 0 Å². The summed E-state index contributed by atoms with van der Waals surface area (Å²) >= 11 is 0. The first-order valence-corrected chi connectivity index (χ1v) is 7.73. The molecule has 5 heteroatoms. The standard InChI is InChI=1S/C15H21N5/c1-2-19-10-11(9-17-19)13-7-8-16-15-18-12-5-3-4-6-14(12)20(13)15/h9-10,13H,2-8H2,1H3,(H,16,18). The second-order valence-electron chi connectivity index (χ2n) is 5.77. The lowest BCUT2D eigenvalue weighted by Gasteiger charge is -2.28. The van der Waals surface area contributed by atoms with Gasteiger partial charge in [0.15, 0.2) is 0 Å². The van der Waals surface area contributed by atoms with Crippen molar-refractivity contribution in [1.29, 1.82) is 0 Å². The minimum absolute atomic E-state index is 0.404. The molecule has 20 heavy (non-hydrogen) atoms. The van der Waals surface area contributed by atoms with Crippen molar-refractivity contribution in [1.82, 2.24) is 19.3 Å². The Morgan fingerprint density at radius 1 is 1.35 bits per heavy atom. The van der Waals surface area contributed by atoms with Crippen LogP contribution in [0.4, 0.5) is 5.95 Å². The topological polar surface area (TPSA) is 47.7 Å². The monoisotopic (exact) mass is 271 g/mol. The SMILES string of the molecule is CCn1cc(C2CCNc3nc4c(n32)CCCC4)cn1. The highest BCUT2D eigenvalue weighted by Gasteiger charge is 2.29. The van der Waals surface area contributed by atoms with E-state index in [-0.39, 0.29) is 0 Å². The minimum atomic E-state index is 0.404. The van der Waals surface area contributed by atoms with E-state index in [9.17, 15) is 0 Å². The number of nitrogens with zero attached hydrogens (tertiary/aromatic N) is 4. The Morgan fingerprint density at radius 2 is 2.25 bits per heavy atom. The summed E-state index contributed by atoms with van der Waals surface area (Å²) in [5, 5.41) is 7.91. The Morgan fingerprint density at radius 3 is 3.10 bits per heavy atom. The zero-order valence-electron chi connectivity index (χ0n) is 12.0. The van der Waals surface area contributed by atoms with Crippen LogP contribution in [0.1, 0.15) is 49.2 Å². The second-order valence-corrected chi connectivity index (χ2v) is 5.77. The molecule has 1 unspecified atom stereocenters. The van der Waals surface area contributed by atoms with Gasteiger partial charge in [-0.25, -0.2) is 4.98 Å². The lowest BCUT2D eigenvalue weighted by molar-refractivity contribution is 0.501. The maximum Gasteiger partial charge on any atom is 0.203 e. The number of fused-ring (bicyclic) bond motifs is 3. The van der Waals surface area contributed by atoms with E-state index in [0.29, 0.717) is 6.04 Å². The molecule has 1 aliphatic heterocycles. The predicted octanol–water partition coefficient (Wildman–Crippen LogP) is 2.38. The summed E-state index contributed by atoms with van der Waals surface area (Å²) in [6, 6.07) is 0.404. The van der Waals surface area contributed by atoms with Crippen LogP contribution >= 0.6 is 0 Å². The van der Waals surface area contributed by atoms with Crippen LogP contribution in [0.3, 0.4) is 0 Å². The third-order valence-electron chi connectivity index (χ3n) is 4.54. The smallest absolute Gasteiger partial charge is 0.203 e. The highest BCUT2D eigenvalue weighted by Crippen LogP contribution is 2.35. The fourth-order valence-electron chi connectivity index (χ4n) is 3.51. The molecule has 0 bridgehead atoms.